The third-order valence-electron chi connectivity index (χ3n) is 4.69. The summed E-state index contributed by atoms with van der Waals surface area (Å²) >= 11 is 1.42. The highest BCUT2D eigenvalue weighted by Gasteiger charge is 2.40. The van der Waals surface area contributed by atoms with Crippen LogP contribution in [0.3, 0.4) is 0 Å². The first-order valence-electron chi connectivity index (χ1n) is 9.31. The Bertz CT molecular complexity index is 1090. The number of allylic oxidation sites excluding steroid dienone is 1. The van der Waals surface area contributed by atoms with Crippen LogP contribution in [0, 0.1) is 10.1 Å². The van der Waals surface area contributed by atoms with Crippen molar-refractivity contribution in [3.05, 3.63) is 87.1 Å². The van der Waals surface area contributed by atoms with Crippen LogP contribution in [0.2, 0.25) is 0 Å². The fraction of sp³-hybridized carbons (Fsp3) is 0.190. The monoisotopic (exact) mass is 422 g/mol. The zero-order valence-electron chi connectivity index (χ0n) is 16.3. The molecule has 2 aliphatic rings. The molecule has 0 aromatic heterocycles. The summed E-state index contributed by atoms with van der Waals surface area (Å²) in [5.41, 5.74) is 2.52. The van der Waals surface area contributed by atoms with E-state index in [-0.39, 0.29) is 12.3 Å². The van der Waals surface area contributed by atoms with E-state index in [9.17, 15) is 14.9 Å². The van der Waals surface area contributed by atoms with Gasteiger partial charge >= 0.3 is 5.97 Å². The number of nitro benzene ring substituents is 1. The van der Waals surface area contributed by atoms with Crippen LogP contribution < -0.4 is 0 Å². The second-order valence-corrected chi connectivity index (χ2v) is 7.54. The predicted octanol–water partition coefficient (Wildman–Crippen LogP) is 4.25. The fourth-order valence-electron chi connectivity index (χ4n) is 3.31. The quantitative estimate of drug-likeness (QED) is 0.406. The van der Waals surface area contributed by atoms with E-state index in [1.807, 2.05) is 30.3 Å². The second kappa shape index (κ2) is 8.11. The summed E-state index contributed by atoms with van der Waals surface area (Å²) < 4.78 is 5.27. The summed E-state index contributed by atoms with van der Waals surface area (Å²) in [7, 11) is 0. The standard InChI is InChI=1S/C21H18N4O4S/c1-3-29-20(26)17-13(2)22-21-24(23-19(30-21)15-7-5-4-6-8-15)18(17)14-9-11-16(12-10-14)25(27)28/h4-12,18H,3H2,1-2H3. The minimum atomic E-state index is -0.592. The average molecular weight is 422 g/mol. The molecule has 2 aliphatic heterocycles. The Morgan fingerprint density at radius 2 is 1.90 bits per heavy atom. The van der Waals surface area contributed by atoms with Crippen molar-refractivity contribution < 1.29 is 14.5 Å². The van der Waals surface area contributed by atoms with E-state index in [2.05, 4.69) is 4.99 Å². The van der Waals surface area contributed by atoms with Crippen LogP contribution in [-0.2, 0) is 9.53 Å². The number of fused-ring (bicyclic) bond motifs is 1. The Morgan fingerprint density at radius 1 is 1.20 bits per heavy atom. The number of rotatable bonds is 5. The maximum atomic E-state index is 12.8. The molecule has 30 heavy (non-hydrogen) atoms. The molecule has 0 amide bonds. The van der Waals surface area contributed by atoms with Gasteiger partial charge in [0.15, 0.2) is 5.17 Å². The van der Waals surface area contributed by atoms with Gasteiger partial charge in [0.25, 0.3) is 5.69 Å². The number of amidine groups is 1. The van der Waals surface area contributed by atoms with E-state index in [0.717, 1.165) is 10.6 Å². The number of non-ortho nitro benzene ring substituents is 1. The van der Waals surface area contributed by atoms with Crippen LogP contribution in [0.5, 0.6) is 0 Å². The number of carbonyl (C=O) groups is 1. The molecular formula is C21H18N4O4S. The topological polar surface area (TPSA) is 97.4 Å². The molecular weight excluding hydrogens is 404 g/mol. The van der Waals surface area contributed by atoms with Crippen molar-refractivity contribution in [2.75, 3.05) is 6.61 Å². The van der Waals surface area contributed by atoms with Gasteiger partial charge < -0.3 is 4.74 Å². The molecule has 9 heteroatoms. The van der Waals surface area contributed by atoms with Crippen molar-refractivity contribution in [2.45, 2.75) is 19.9 Å². The number of hydrazone groups is 1. The normalized spacial score (nSPS) is 17.9. The van der Waals surface area contributed by atoms with Crippen molar-refractivity contribution in [2.24, 2.45) is 10.1 Å². The number of esters is 1. The molecule has 2 heterocycles. The van der Waals surface area contributed by atoms with E-state index in [1.54, 1.807) is 31.0 Å². The zero-order valence-corrected chi connectivity index (χ0v) is 17.1. The van der Waals surface area contributed by atoms with Crippen LogP contribution in [0.25, 0.3) is 0 Å². The van der Waals surface area contributed by atoms with Gasteiger partial charge in [-0.25, -0.2) is 14.8 Å². The minimum absolute atomic E-state index is 0.0221. The number of hydrogen-bond acceptors (Lipinski definition) is 8. The number of nitro groups is 1. The number of benzene rings is 2. The molecule has 0 aliphatic carbocycles. The number of carbonyl (C=O) groups excluding carboxylic acids is 1. The van der Waals surface area contributed by atoms with Crippen LogP contribution in [0.1, 0.15) is 31.0 Å². The highest BCUT2D eigenvalue weighted by molar-refractivity contribution is 8.27. The summed E-state index contributed by atoms with van der Waals surface area (Å²) in [6.45, 7) is 3.73. The number of hydrogen-bond donors (Lipinski definition) is 0. The first-order chi connectivity index (χ1) is 14.5. The molecule has 0 saturated carbocycles. The molecule has 0 N–H and O–H groups in total. The molecule has 0 bridgehead atoms. The average Bonchev–Trinajstić information content (AvgIpc) is 3.17. The highest BCUT2D eigenvalue weighted by Crippen LogP contribution is 2.42. The van der Waals surface area contributed by atoms with E-state index in [1.165, 1.54) is 23.9 Å². The summed E-state index contributed by atoms with van der Waals surface area (Å²) in [5, 5.41) is 18.9. The van der Waals surface area contributed by atoms with Gasteiger partial charge in [0.05, 0.1) is 22.8 Å². The van der Waals surface area contributed by atoms with Gasteiger partial charge in [-0.1, -0.05) is 30.3 Å². The lowest BCUT2D eigenvalue weighted by atomic mass is 9.95. The molecule has 2 aromatic rings. The van der Waals surface area contributed by atoms with E-state index in [0.29, 0.717) is 22.0 Å². The maximum absolute atomic E-state index is 12.8. The van der Waals surface area contributed by atoms with Gasteiger partial charge in [-0.15, -0.1) is 0 Å². The molecule has 4 rings (SSSR count). The molecule has 152 valence electrons. The molecule has 2 aromatic carbocycles. The third-order valence-corrected chi connectivity index (χ3v) is 5.66. The lowest BCUT2D eigenvalue weighted by Crippen LogP contribution is -2.34. The van der Waals surface area contributed by atoms with Crippen LogP contribution in [0.4, 0.5) is 5.69 Å². The van der Waals surface area contributed by atoms with E-state index < -0.39 is 16.9 Å². The van der Waals surface area contributed by atoms with Gasteiger partial charge in [0.2, 0.25) is 0 Å². The highest BCUT2D eigenvalue weighted by atomic mass is 32.2. The van der Waals surface area contributed by atoms with Crippen molar-refractivity contribution >= 4 is 33.6 Å². The Hall–Kier alpha value is -3.46. The zero-order chi connectivity index (χ0) is 21.3. The molecule has 1 unspecified atom stereocenters. The fourth-order valence-corrected chi connectivity index (χ4v) is 4.29. The largest absolute Gasteiger partial charge is 0.463 e. The SMILES string of the molecule is CCOC(=O)C1=C(C)N=C2SC(c3ccccc3)=NN2C1c1ccc([N+](=O)[O-])cc1. The second-order valence-electron chi connectivity index (χ2n) is 6.58. The summed E-state index contributed by atoms with van der Waals surface area (Å²) in [4.78, 5) is 27.9. The van der Waals surface area contributed by atoms with Crippen LogP contribution in [-0.4, -0.2) is 32.7 Å². The Balaban J connectivity index is 1.80. The third kappa shape index (κ3) is 3.59. The van der Waals surface area contributed by atoms with Gasteiger partial charge in [0.1, 0.15) is 11.1 Å². The number of thioether (sulfide) groups is 1. The summed E-state index contributed by atoms with van der Waals surface area (Å²) in [5.74, 6) is -0.477. The number of ether oxygens (including phenoxy) is 1. The number of nitrogens with zero attached hydrogens (tertiary/aromatic N) is 4. The van der Waals surface area contributed by atoms with Gasteiger partial charge in [0, 0.05) is 17.7 Å². The first-order valence-corrected chi connectivity index (χ1v) is 10.1. The van der Waals surface area contributed by atoms with Crippen LogP contribution in [0.15, 0.2) is 76.0 Å². The first kappa shape index (κ1) is 19.8. The van der Waals surface area contributed by atoms with Crippen molar-refractivity contribution in [1.29, 1.82) is 0 Å². The molecule has 0 saturated heterocycles. The Kier molecular flexibility index (Phi) is 5.37. The predicted molar refractivity (Wildman–Crippen MR) is 115 cm³/mol. The summed E-state index contributed by atoms with van der Waals surface area (Å²) in [6.07, 6.45) is 0. The number of aliphatic imine (C=N–C) groups is 1. The molecule has 0 radical (unpaired) electrons. The maximum Gasteiger partial charge on any atom is 0.338 e. The van der Waals surface area contributed by atoms with Crippen molar-refractivity contribution in [1.82, 2.24) is 5.01 Å². The van der Waals surface area contributed by atoms with Gasteiger partial charge in [-0.3, -0.25) is 10.1 Å². The van der Waals surface area contributed by atoms with E-state index in [4.69, 9.17) is 9.84 Å². The molecule has 0 fully saturated rings. The minimum Gasteiger partial charge on any atom is -0.463 e. The molecule has 0 spiro atoms. The van der Waals surface area contributed by atoms with Crippen LogP contribution >= 0.6 is 11.8 Å². The van der Waals surface area contributed by atoms with E-state index >= 15 is 0 Å². The Morgan fingerprint density at radius 3 is 2.53 bits per heavy atom. The van der Waals surface area contributed by atoms with Crippen molar-refractivity contribution in [3.8, 4) is 0 Å². The van der Waals surface area contributed by atoms with Gasteiger partial charge in [-0.05, 0) is 43.3 Å². The van der Waals surface area contributed by atoms with Gasteiger partial charge in [-0.2, -0.15) is 5.10 Å². The molecule has 8 nitrogen and oxygen atoms in total. The lowest BCUT2D eigenvalue weighted by molar-refractivity contribution is -0.384. The smallest absolute Gasteiger partial charge is 0.338 e. The lowest BCUT2D eigenvalue weighted by Gasteiger charge is -2.31. The Labute approximate surface area is 177 Å². The molecule has 1 atom stereocenters. The summed E-state index contributed by atoms with van der Waals surface area (Å²) in [6, 6.07) is 15.2. The van der Waals surface area contributed by atoms with Crippen molar-refractivity contribution in [3.63, 3.8) is 0 Å².